The van der Waals surface area contributed by atoms with Gasteiger partial charge in [0.1, 0.15) is 17.3 Å². The summed E-state index contributed by atoms with van der Waals surface area (Å²) in [6.45, 7) is 3.12. The van der Waals surface area contributed by atoms with Crippen LogP contribution < -0.4 is 4.74 Å². The summed E-state index contributed by atoms with van der Waals surface area (Å²) in [5.41, 5.74) is 0.477. The molecule has 0 aliphatic rings. The molecule has 0 saturated heterocycles. The molecule has 0 bridgehead atoms. The summed E-state index contributed by atoms with van der Waals surface area (Å²) in [6, 6.07) is 9.66. The van der Waals surface area contributed by atoms with E-state index in [0.29, 0.717) is 18.8 Å². The predicted molar refractivity (Wildman–Crippen MR) is 74.9 cm³/mol. The molecule has 0 aliphatic heterocycles. The molecule has 1 heterocycles. The van der Waals surface area contributed by atoms with E-state index in [1.807, 2.05) is 41.8 Å². The number of nitrogens with zero attached hydrogens (tertiary/aromatic N) is 2. The molecule has 0 amide bonds. The van der Waals surface area contributed by atoms with Crippen LogP contribution in [0.3, 0.4) is 0 Å². The monoisotopic (exact) mass is 274 g/mol. The summed E-state index contributed by atoms with van der Waals surface area (Å²) in [6.07, 6.45) is 2.33. The number of hydrogen-bond donors (Lipinski definition) is 0. The standard InChI is InChI=1S/C15H18N2O3/c1-12-16-11-14(15(18)19-2)17(12)9-6-10-20-13-7-4-3-5-8-13/h3-5,7-8,11H,6,9-10H2,1-2H3. The van der Waals surface area contributed by atoms with Gasteiger partial charge in [-0.15, -0.1) is 0 Å². The highest BCUT2D eigenvalue weighted by atomic mass is 16.5. The minimum absolute atomic E-state index is 0.366. The fourth-order valence-corrected chi connectivity index (χ4v) is 1.95. The van der Waals surface area contributed by atoms with Crippen molar-refractivity contribution in [1.82, 2.24) is 9.55 Å². The third-order valence-electron chi connectivity index (χ3n) is 2.99. The maximum atomic E-state index is 11.6. The zero-order valence-corrected chi connectivity index (χ0v) is 11.7. The topological polar surface area (TPSA) is 53.3 Å². The number of aromatic nitrogens is 2. The summed E-state index contributed by atoms with van der Waals surface area (Å²) in [5.74, 6) is 1.28. The average molecular weight is 274 g/mol. The first-order chi connectivity index (χ1) is 9.72. The van der Waals surface area contributed by atoms with Crippen LogP contribution in [0.1, 0.15) is 22.7 Å². The summed E-state index contributed by atoms with van der Waals surface area (Å²) in [5, 5.41) is 0. The number of aryl methyl sites for hydroxylation is 1. The van der Waals surface area contributed by atoms with Crippen molar-refractivity contribution in [2.24, 2.45) is 0 Å². The van der Waals surface area contributed by atoms with Crippen LogP contribution in [0, 0.1) is 6.92 Å². The second kappa shape index (κ2) is 6.75. The van der Waals surface area contributed by atoms with E-state index in [-0.39, 0.29) is 5.97 Å². The van der Waals surface area contributed by atoms with E-state index in [2.05, 4.69) is 4.98 Å². The molecule has 0 spiro atoms. The highest BCUT2D eigenvalue weighted by molar-refractivity contribution is 5.87. The predicted octanol–water partition coefficient (Wildman–Crippen LogP) is 2.45. The first kappa shape index (κ1) is 14.1. The lowest BCUT2D eigenvalue weighted by molar-refractivity contribution is 0.0587. The van der Waals surface area contributed by atoms with E-state index in [9.17, 15) is 4.79 Å². The van der Waals surface area contributed by atoms with Crippen molar-refractivity contribution in [3.63, 3.8) is 0 Å². The van der Waals surface area contributed by atoms with Crippen molar-refractivity contribution in [3.05, 3.63) is 48.0 Å². The molecule has 0 fully saturated rings. The Morgan fingerprint density at radius 2 is 2.05 bits per heavy atom. The number of carbonyl (C=O) groups excluding carboxylic acids is 1. The Hall–Kier alpha value is -2.30. The minimum atomic E-state index is -0.366. The maximum Gasteiger partial charge on any atom is 0.356 e. The van der Waals surface area contributed by atoms with Gasteiger partial charge in [0.25, 0.3) is 0 Å². The second-order valence-electron chi connectivity index (χ2n) is 4.35. The highest BCUT2D eigenvalue weighted by Gasteiger charge is 2.14. The molecule has 5 nitrogen and oxygen atoms in total. The molecule has 1 aromatic carbocycles. The Bertz CT molecular complexity index is 564. The molecule has 0 N–H and O–H groups in total. The molecule has 2 aromatic rings. The smallest absolute Gasteiger partial charge is 0.356 e. The van der Waals surface area contributed by atoms with Crippen molar-refractivity contribution in [2.75, 3.05) is 13.7 Å². The molecule has 5 heteroatoms. The number of imidazole rings is 1. The normalized spacial score (nSPS) is 10.3. The maximum absolute atomic E-state index is 11.6. The van der Waals surface area contributed by atoms with Gasteiger partial charge in [-0.05, 0) is 25.5 Å². The van der Waals surface area contributed by atoms with E-state index in [1.165, 1.54) is 7.11 Å². The Morgan fingerprint density at radius 1 is 1.30 bits per heavy atom. The molecular weight excluding hydrogens is 256 g/mol. The van der Waals surface area contributed by atoms with Gasteiger partial charge < -0.3 is 14.0 Å². The lowest BCUT2D eigenvalue weighted by Crippen LogP contribution is -2.13. The SMILES string of the molecule is COC(=O)c1cnc(C)n1CCCOc1ccccc1. The zero-order chi connectivity index (χ0) is 14.4. The fourth-order valence-electron chi connectivity index (χ4n) is 1.95. The highest BCUT2D eigenvalue weighted by Crippen LogP contribution is 2.10. The molecule has 2 rings (SSSR count). The molecule has 0 unspecified atom stereocenters. The van der Waals surface area contributed by atoms with Gasteiger partial charge >= 0.3 is 5.97 Å². The summed E-state index contributed by atoms with van der Waals surface area (Å²) in [4.78, 5) is 15.7. The van der Waals surface area contributed by atoms with Crippen LogP contribution in [-0.2, 0) is 11.3 Å². The molecule has 0 aliphatic carbocycles. The van der Waals surface area contributed by atoms with Gasteiger partial charge in [0.2, 0.25) is 0 Å². The van der Waals surface area contributed by atoms with Crippen molar-refractivity contribution < 1.29 is 14.3 Å². The lowest BCUT2D eigenvalue weighted by atomic mass is 10.3. The average Bonchev–Trinajstić information content (AvgIpc) is 2.85. The molecule has 20 heavy (non-hydrogen) atoms. The van der Waals surface area contributed by atoms with Crippen molar-refractivity contribution >= 4 is 5.97 Å². The van der Waals surface area contributed by atoms with E-state index in [0.717, 1.165) is 18.0 Å². The van der Waals surface area contributed by atoms with Crippen LogP contribution in [0.25, 0.3) is 0 Å². The van der Waals surface area contributed by atoms with Crippen molar-refractivity contribution in [1.29, 1.82) is 0 Å². The van der Waals surface area contributed by atoms with Gasteiger partial charge in [0.15, 0.2) is 0 Å². The molecule has 0 saturated carbocycles. The number of benzene rings is 1. The van der Waals surface area contributed by atoms with Crippen LogP contribution in [-0.4, -0.2) is 29.2 Å². The Morgan fingerprint density at radius 3 is 2.75 bits per heavy atom. The Kier molecular flexibility index (Phi) is 4.76. The summed E-state index contributed by atoms with van der Waals surface area (Å²) in [7, 11) is 1.37. The van der Waals surface area contributed by atoms with Gasteiger partial charge in [0.05, 0.1) is 19.9 Å². The number of para-hydroxylation sites is 1. The van der Waals surface area contributed by atoms with E-state index < -0.39 is 0 Å². The first-order valence-electron chi connectivity index (χ1n) is 6.50. The molecule has 0 atom stereocenters. The van der Waals surface area contributed by atoms with Gasteiger partial charge in [0, 0.05) is 6.54 Å². The second-order valence-corrected chi connectivity index (χ2v) is 4.35. The quantitative estimate of drug-likeness (QED) is 0.599. The van der Waals surface area contributed by atoms with E-state index in [4.69, 9.17) is 9.47 Å². The van der Waals surface area contributed by atoms with Crippen LogP contribution in [0.5, 0.6) is 5.75 Å². The number of carbonyl (C=O) groups is 1. The van der Waals surface area contributed by atoms with Gasteiger partial charge in [-0.3, -0.25) is 0 Å². The molecule has 1 aromatic heterocycles. The Balaban J connectivity index is 1.88. The number of rotatable bonds is 6. The summed E-state index contributed by atoms with van der Waals surface area (Å²) >= 11 is 0. The number of hydrogen-bond acceptors (Lipinski definition) is 4. The van der Waals surface area contributed by atoms with Gasteiger partial charge in [-0.2, -0.15) is 0 Å². The van der Waals surface area contributed by atoms with Gasteiger partial charge in [-0.1, -0.05) is 18.2 Å². The number of methoxy groups -OCH3 is 1. The van der Waals surface area contributed by atoms with E-state index in [1.54, 1.807) is 6.20 Å². The van der Waals surface area contributed by atoms with Crippen LogP contribution in [0.2, 0.25) is 0 Å². The lowest BCUT2D eigenvalue weighted by Gasteiger charge is -2.10. The van der Waals surface area contributed by atoms with E-state index >= 15 is 0 Å². The summed E-state index contributed by atoms with van der Waals surface area (Å²) < 4.78 is 12.2. The van der Waals surface area contributed by atoms with Crippen LogP contribution in [0.15, 0.2) is 36.5 Å². The fraction of sp³-hybridized carbons (Fsp3) is 0.333. The number of ether oxygens (including phenoxy) is 2. The minimum Gasteiger partial charge on any atom is -0.494 e. The third kappa shape index (κ3) is 3.38. The Labute approximate surface area is 118 Å². The van der Waals surface area contributed by atoms with Crippen molar-refractivity contribution in [2.45, 2.75) is 19.9 Å². The first-order valence-corrected chi connectivity index (χ1v) is 6.50. The zero-order valence-electron chi connectivity index (χ0n) is 11.7. The van der Waals surface area contributed by atoms with Gasteiger partial charge in [-0.25, -0.2) is 9.78 Å². The molecule has 106 valence electrons. The largest absolute Gasteiger partial charge is 0.494 e. The molecular formula is C15H18N2O3. The number of esters is 1. The van der Waals surface area contributed by atoms with Crippen molar-refractivity contribution in [3.8, 4) is 5.75 Å². The third-order valence-corrected chi connectivity index (χ3v) is 2.99. The van der Waals surface area contributed by atoms with Crippen LogP contribution in [0.4, 0.5) is 0 Å². The molecule has 0 radical (unpaired) electrons. The van der Waals surface area contributed by atoms with Crippen LogP contribution >= 0.6 is 0 Å².